The van der Waals surface area contributed by atoms with E-state index in [0.29, 0.717) is 37.0 Å². The Balaban J connectivity index is 1.48. The number of nitrogens with two attached hydrogens (primary N) is 1. The minimum Gasteiger partial charge on any atom is -0.377 e. The maximum absolute atomic E-state index is 11.7. The van der Waals surface area contributed by atoms with E-state index in [1.807, 2.05) is 24.3 Å². The van der Waals surface area contributed by atoms with E-state index in [2.05, 4.69) is 23.6 Å². The van der Waals surface area contributed by atoms with Crippen LogP contribution in [0.15, 0.2) is 36.4 Å². The van der Waals surface area contributed by atoms with Gasteiger partial charge in [-0.3, -0.25) is 4.79 Å². The Bertz CT molecular complexity index is 1310. The summed E-state index contributed by atoms with van der Waals surface area (Å²) in [4.78, 5) is 31.4. The van der Waals surface area contributed by atoms with E-state index in [4.69, 9.17) is 30.2 Å². The molecular weight excluding hydrogens is 456 g/mol. The van der Waals surface area contributed by atoms with Gasteiger partial charge in [-0.25, -0.2) is 4.98 Å². The molecule has 1 spiro atoms. The minimum absolute atomic E-state index is 0.0816. The Hall–Kier alpha value is -3.30. The van der Waals surface area contributed by atoms with E-state index in [-0.39, 0.29) is 17.7 Å². The van der Waals surface area contributed by atoms with Crippen LogP contribution in [0.2, 0.25) is 0 Å². The average molecular weight is 489 g/mol. The maximum atomic E-state index is 11.7. The monoisotopic (exact) mass is 488 g/mol. The van der Waals surface area contributed by atoms with Crippen molar-refractivity contribution in [2.24, 2.45) is 5.73 Å². The SMILES string of the molecule is C[C@H]1COC2(CCC2)CN1c1nc(N2CCOC[C@@H]2C)c2ccc(-c3cccc(C(N)=O)c3)nc2n1. The van der Waals surface area contributed by atoms with Gasteiger partial charge in [-0.05, 0) is 57.4 Å². The number of benzene rings is 1. The van der Waals surface area contributed by atoms with Crippen LogP contribution < -0.4 is 15.5 Å². The Labute approximate surface area is 210 Å². The quantitative estimate of drug-likeness (QED) is 0.597. The van der Waals surface area contributed by atoms with Crippen LogP contribution in [0.25, 0.3) is 22.3 Å². The van der Waals surface area contributed by atoms with Gasteiger partial charge in [-0.1, -0.05) is 12.1 Å². The molecule has 2 atom stereocenters. The highest BCUT2D eigenvalue weighted by Gasteiger charge is 2.45. The van der Waals surface area contributed by atoms with Gasteiger partial charge in [-0.15, -0.1) is 0 Å². The number of ether oxygens (including phenoxy) is 2. The zero-order valence-corrected chi connectivity index (χ0v) is 20.8. The lowest BCUT2D eigenvalue weighted by atomic mass is 9.78. The fourth-order valence-electron chi connectivity index (χ4n) is 5.41. The molecule has 9 heteroatoms. The lowest BCUT2D eigenvalue weighted by Gasteiger charge is -2.50. The number of aromatic nitrogens is 3. The molecule has 36 heavy (non-hydrogen) atoms. The fourth-order valence-corrected chi connectivity index (χ4v) is 5.41. The number of amides is 1. The van der Waals surface area contributed by atoms with Crippen LogP contribution in [-0.4, -0.2) is 71.5 Å². The number of rotatable bonds is 4. The Morgan fingerprint density at radius 2 is 1.89 bits per heavy atom. The van der Waals surface area contributed by atoms with Crippen LogP contribution in [0.3, 0.4) is 0 Å². The normalized spacial score (nSPS) is 23.6. The summed E-state index contributed by atoms with van der Waals surface area (Å²) in [5.41, 5.74) is 8.08. The summed E-state index contributed by atoms with van der Waals surface area (Å²) in [7, 11) is 0. The van der Waals surface area contributed by atoms with Crippen molar-refractivity contribution >= 4 is 28.7 Å². The van der Waals surface area contributed by atoms with Gasteiger partial charge in [0.05, 0.1) is 55.1 Å². The van der Waals surface area contributed by atoms with E-state index >= 15 is 0 Å². The highest BCUT2D eigenvalue weighted by atomic mass is 16.5. The van der Waals surface area contributed by atoms with Crippen LogP contribution in [0.4, 0.5) is 11.8 Å². The molecule has 1 aliphatic carbocycles. The van der Waals surface area contributed by atoms with Gasteiger partial charge in [0.1, 0.15) is 5.82 Å². The number of anilines is 2. The molecule has 0 bridgehead atoms. The largest absolute Gasteiger partial charge is 0.377 e. The smallest absolute Gasteiger partial charge is 0.248 e. The molecule has 3 aliphatic rings. The van der Waals surface area contributed by atoms with Crippen molar-refractivity contribution in [2.75, 3.05) is 42.7 Å². The Kier molecular flexibility index (Phi) is 5.76. The van der Waals surface area contributed by atoms with Crippen molar-refractivity contribution in [3.05, 3.63) is 42.0 Å². The number of hydrogen-bond donors (Lipinski definition) is 1. The van der Waals surface area contributed by atoms with E-state index < -0.39 is 5.91 Å². The van der Waals surface area contributed by atoms with Crippen molar-refractivity contribution in [2.45, 2.75) is 50.8 Å². The lowest BCUT2D eigenvalue weighted by molar-refractivity contribution is -0.117. The first-order chi connectivity index (χ1) is 17.4. The average Bonchev–Trinajstić information content (AvgIpc) is 2.87. The third kappa shape index (κ3) is 4.06. The molecule has 188 valence electrons. The molecule has 2 aliphatic heterocycles. The highest BCUT2D eigenvalue weighted by Crippen LogP contribution is 2.41. The molecule has 1 saturated carbocycles. The molecule has 3 aromatic rings. The zero-order valence-electron chi connectivity index (χ0n) is 20.8. The molecular formula is C27H32N6O3. The number of hydrogen-bond acceptors (Lipinski definition) is 8. The van der Waals surface area contributed by atoms with Crippen molar-refractivity contribution in [3.8, 4) is 11.3 Å². The lowest BCUT2D eigenvalue weighted by Crippen LogP contribution is -2.59. The van der Waals surface area contributed by atoms with E-state index in [0.717, 1.165) is 48.4 Å². The molecule has 9 nitrogen and oxygen atoms in total. The third-order valence-electron chi connectivity index (χ3n) is 7.75. The molecule has 0 unspecified atom stereocenters. The van der Waals surface area contributed by atoms with Gasteiger partial charge >= 0.3 is 0 Å². The maximum Gasteiger partial charge on any atom is 0.248 e. The number of pyridine rings is 1. The molecule has 2 aromatic heterocycles. The van der Waals surface area contributed by atoms with E-state index in [9.17, 15) is 4.79 Å². The van der Waals surface area contributed by atoms with Gasteiger partial charge in [0.15, 0.2) is 5.65 Å². The van der Waals surface area contributed by atoms with Gasteiger partial charge < -0.3 is 25.0 Å². The van der Waals surface area contributed by atoms with Gasteiger partial charge in [0.25, 0.3) is 0 Å². The molecule has 2 N–H and O–H groups in total. The summed E-state index contributed by atoms with van der Waals surface area (Å²) < 4.78 is 11.9. The number of carbonyl (C=O) groups is 1. The van der Waals surface area contributed by atoms with Crippen LogP contribution in [0, 0.1) is 0 Å². The minimum atomic E-state index is -0.461. The van der Waals surface area contributed by atoms with Gasteiger partial charge in [0.2, 0.25) is 11.9 Å². The van der Waals surface area contributed by atoms with Crippen LogP contribution in [0.5, 0.6) is 0 Å². The topological polar surface area (TPSA) is 107 Å². The third-order valence-corrected chi connectivity index (χ3v) is 7.75. The second-order valence-electron chi connectivity index (χ2n) is 10.3. The number of primary amides is 1. The van der Waals surface area contributed by atoms with Crippen molar-refractivity contribution in [1.29, 1.82) is 0 Å². The molecule has 0 radical (unpaired) electrons. The van der Waals surface area contributed by atoms with Crippen LogP contribution >= 0.6 is 0 Å². The number of morpholine rings is 2. The molecule has 1 amide bonds. The predicted octanol–water partition coefficient (Wildman–Crippen LogP) is 3.16. The number of fused-ring (bicyclic) bond motifs is 1. The summed E-state index contributed by atoms with van der Waals surface area (Å²) in [6.07, 6.45) is 3.36. The predicted molar refractivity (Wildman–Crippen MR) is 138 cm³/mol. The second kappa shape index (κ2) is 8.97. The van der Waals surface area contributed by atoms with E-state index in [1.165, 1.54) is 6.42 Å². The zero-order chi connectivity index (χ0) is 24.9. The standard InChI is InChI=1S/C27H32N6O3/c1-17-14-35-12-11-32(17)25-21-7-8-22(19-5-3-6-20(13-19)23(28)34)29-24(21)30-26(31-25)33-16-27(9-4-10-27)36-15-18(33)2/h3,5-8,13,17-18H,4,9-12,14-16H2,1-2H3,(H2,28,34)/t17-,18-/m0/s1. The second-order valence-corrected chi connectivity index (χ2v) is 10.3. The van der Waals surface area contributed by atoms with Crippen molar-refractivity contribution < 1.29 is 14.3 Å². The molecule has 6 rings (SSSR count). The van der Waals surface area contributed by atoms with Gasteiger partial charge in [0, 0.05) is 17.7 Å². The first-order valence-electron chi connectivity index (χ1n) is 12.8. The Morgan fingerprint density at radius 1 is 1.06 bits per heavy atom. The summed E-state index contributed by atoms with van der Waals surface area (Å²) >= 11 is 0. The van der Waals surface area contributed by atoms with Crippen molar-refractivity contribution in [1.82, 2.24) is 15.0 Å². The molecule has 2 saturated heterocycles. The molecule has 4 heterocycles. The first kappa shape index (κ1) is 23.1. The van der Waals surface area contributed by atoms with Crippen molar-refractivity contribution in [3.63, 3.8) is 0 Å². The summed E-state index contributed by atoms with van der Waals surface area (Å²) in [6, 6.07) is 11.6. The summed E-state index contributed by atoms with van der Waals surface area (Å²) in [6.45, 7) is 7.85. The highest BCUT2D eigenvalue weighted by molar-refractivity contribution is 5.94. The molecule has 3 fully saturated rings. The first-order valence-corrected chi connectivity index (χ1v) is 12.8. The van der Waals surface area contributed by atoms with Gasteiger partial charge in [-0.2, -0.15) is 9.97 Å². The van der Waals surface area contributed by atoms with E-state index in [1.54, 1.807) is 12.1 Å². The summed E-state index contributed by atoms with van der Waals surface area (Å²) in [5, 5.41) is 0.904. The number of nitrogens with zero attached hydrogens (tertiary/aromatic N) is 5. The summed E-state index contributed by atoms with van der Waals surface area (Å²) in [5.74, 6) is 1.11. The molecule has 1 aromatic carbocycles. The van der Waals surface area contributed by atoms with Crippen LogP contribution in [-0.2, 0) is 9.47 Å². The Morgan fingerprint density at radius 3 is 2.64 bits per heavy atom. The number of carbonyl (C=O) groups excluding carboxylic acids is 1. The fraction of sp³-hybridized carbons (Fsp3) is 0.481. The van der Waals surface area contributed by atoms with Crippen LogP contribution in [0.1, 0.15) is 43.5 Å².